The zero-order valence-electron chi connectivity index (χ0n) is 14.9. The van der Waals surface area contributed by atoms with Crippen LogP contribution in [0.15, 0.2) is 54.6 Å². The molecule has 0 spiro atoms. The summed E-state index contributed by atoms with van der Waals surface area (Å²) >= 11 is 1.41. The quantitative estimate of drug-likeness (QED) is 0.591. The van der Waals surface area contributed by atoms with Gasteiger partial charge in [0, 0.05) is 5.75 Å². The largest absolute Gasteiger partial charge is 0.494 e. The lowest BCUT2D eigenvalue weighted by Gasteiger charge is -2.11. The summed E-state index contributed by atoms with van der Waals surface area (Å²) in [6.45, 7) is 3.41. The molecule has 0 heterocycles. The second kappa shape index (κ2) is 11.4. The van der Waals surface area contributed by atoms with Crippen molar-refractivity contribution in [2.75, 3.05) is 31.3 Å². The Balaban J connectivity index is 1.56. The van der Waals surface area contributed by atoms with Gasteiger partial charge in [-0.05, 0) is 36.8 Å². The molecule has 26 heavy (non-hydrogen) atoms. The fraction of sp³-hybridized carbons (Fsp3) is 0.350. The third kappa shape index (κ3) is 7.37. The summed E-state index contributed by atoms with van der Waals surface area (Å²) in [5.74, 6) is 2.28. The summed E-state index contributed by atoms with van der Waals surface area (Å²) in [4.78, 5) is 11.8. The topological polar surface area (TPSA) is 67.8 Å². The Morgan fingerprint density at radius 3 is 2.38 bits per heavy atom. The van der Waals surface area contributed by atoms with E-state index in [1.807, 2.05) is 61.5 Å². The van der Waals surface area contributed by atoms with E-state index in [1.165, 1.54) is 11.8 Å². The van der Waals surface area contributed by atoms with Gasteiger partial charge in [-0.3, -0.25) is 4.79 Å². The molecule has 6 heteroatoms. The van der Waals surface area contributed by atoms with E-state index in [2.05, 4.69) is 5.32 Å². The van der Waals surface area contributed by atoms with Crippen molar-refractivity contribution in [2.24, 2.45) is 0 Å². The molecule has 0 unspecified atom stereocenters. The summed E-state index contributed by atoms with van der Waals surface area (Å²) in [5.41, 5.74) is 0.865. The average Bonchev–Trinajstić information content (AvgIpc) is 2.67. The molecule has 0 aliphatic carbocycles. The van der Waals surface area contributed by atoms with Crippen molar-refractivity contribution in [3.8, 4) is 11.5 Å². The average molecular weight is 375 g/mol. The van der Waals surface area contributed by atoms with Crippen molar-refractivity contribution in [3.63, 3.8) is 0 Å². The van der Waals surface area contributed by atoms with Gasteiger partial charge in [-0.1, -0.05) is 30.3 Å². The van der Waals surface area contributed by atoms with Gasteiger partial charge in [0.2, 0.25) is 5.91 Å². The smallest absolute Gasteiger partial charge is 0.230 e. The fourth-order valence-electron chi connectivity index (χ4n) is 2.24. The maximum atomic E-state index is 11.8. The Labute approximate surface area is 158 Å². The van der Waals surface area contributed by atoms with E-state index < -0.39 is 6.10 Å². The molecule has 0 aliphatic heterocycles. The van der Waals surface area contributed by atoms with Gasteiger partial charge in [-0.15, -0.1) is 11.8 Å². The van der Waals surface area contributed by atoms with Crippen molar-refractivity contribution in [1.29, 1.82) is 0 Å². The number of benzene rings is 2. The number of aliphatic hydroxyl groups is 1. The van der Waals surface area contributed by atoms with Crippen molar-refractivity contribution in [2.45, 2.75) is 13.0 Å². The minimum Gasteiger partial charge on any atom is -0.494 e. The number of nitrogens with one attached hydrogen (secondary N) is 1. The Bertz CT molecular complexity index is 649. The summed E-state index contributed by atoms with van der Waals surface area (Å²) < 4.78 is 10.9. The highest BCUT2D eigenvalue weighted by atomic mass is 32.2. The van der Waals surface area contributed by atoms with E-state index in [4.69, 9.17) is 9.47 Å². The van der Waals surface area contributed by atoms with E-state index >= 15 is 0 Å². The Morgan fingerprint density at radius 2 is 1.73 bits per heavy atom. The highest BCUT2D eigenvalue weighted by molar-refractivity contribution is 7.99. The van der Waals surface area contributed by atoms with Crippen molar-refractivity contribution < 1.29 is 19.4 Å². The zero-order chi connectivity index (χ0) is 18.6. The minimum atomic E-state index is -0.558. The molecule has 0 bridgehead atoms. The summed E-state index contributed by atoms with van der Waals surface area (Å²) in [5, 5.41) is 12.9. The lowest BCUT2D eigenvalue weighted by Crippen LogP contribution is -2.29. The summed E-state index contributed by atoms with van der Waals surface area (Å²) in [7, 11) is 0. The first-order valence-corrected chi connectivity index (χ1v) is 9.77. The molecular formula is C20H25NO4S. The number of carbonyl (C=O) groups is 1. The van der Waals surface area contributed by atoms with E-state index in [9.17, 15) is 9.90 Å². The molecule has 0 aromatic heterocycles. The first-order valence-electron chi connectivity index (χ1n) is 8.62. The van der Waals surface area contributed by atoms with Crippen molar-refractivity contribution >= 4 is 17.7 Å². The first-order chi connectivity index (χ1) is 12.7. The van der Waals surface area contributed by atoms with Crippen LogP contribution in [0, 0.1) is 0 Å². The van der Waals surface area contributed by atoms with Gasteiger partial charge < -0.3 is 19.9 Å². The molecule has 0 saturated carbocycles. The summed E-state index contributed by atoms with van der Waals surface area (Å²) in [6, 6.07) is 16.8. The van der Waals surface area contributed by atoms with Crippen LogP contribution in [0.1, 0.15) is 18.6 Å². The molecule has 5 nitrogen and oxygen atoms in total. The molecule has 0 radical (unpaired) electrons. The lowest BCUT2D eigenvalue weighted by atomic mass is 10.1. The maximum Gasteiger partial charge on any atom is 0.230 e. The number of aliphatic hydroxyl groups excluding tert-OH is 1. The van der Waals surface area contributed by atoms with Crippen LogP contribution >= 0.6 is 11.8 Å². The number of hydrogen-bond donors (Lipinski definition) is 2. The molecule has 2 N–H and O–H groups in total. The van der Waals surface area contributed by atoms with Gasteiger partial charge in [0.1, 0.15) is 18.1 Å². The van der Waals surface area contributed by atoms with E-state index in [0.717, 1.165) is 17.1 Å². The van der Waals surface area contributed by atoms with E-state index in [1.54, 1.807) is 0 Å². The van der Waals surface area contributed by atoms with Gasteiger partial charge in [0.05, 0.1) is 25.0 Å². The number of rotatable bonds is 11. The fourth-order valence-corrected chi connectivity index (χ4v) is 3.06. The van der Waals surface area contributed by atoms with Gasteiger partial charge in [-0.25, -0.2) is 0 Å². The van der Waals surface area contributed by atoms with Crippen molar-refractivity contribution in [3.05, 3.63) is 60.2 Å². The Hall–Kier alpha value is -2.18. The van der Waals surface area contributed by atoms with Gasteiger partial charge in [0.25, 0.3) is 0 Å². The SMILES string of the molecule is CCOc1ccc(OCCNC(=O)CSC[C@H](O)c2ccccc2)cc1. The molecule has 2 aromatic carbocycles. The number of amides is 1. The molecular weight excluding hydrogens is 350 g/mol. The normalized spacial score (nSPS) is 11.6. The molecule has 0 saturated heterocycles. The van der Waals surface area contributed by atoms with Crippen LogP contribution in [-0.4, -0.2) is 42.3 Å². The third-order valence-corrected chi connectivity index (χ3v) is 4.54. The number of ether oxygens (including phenoxy) is 2. The Morgan fingerprint density at radius 1 is 1.08 bits per heavy atom. The zero-order valence-corrected chi connectivity index (χ0v) is 15.7. The second-order valence-corrected chi connectivity index (χ2v) is 6.57. The third-order valence-electron chi connectivity index (χ3n) is 3.52. The highest BCUT2D eigenvalue weighted by Crippen LogP contribution is 2.18. The molecule has 0 fully saturated rings. The minimum absolute atomic E-state index is 0.0643. The van der Waals surface area contributed by atoms with Gasteiger partial charge in [0.15, 0.2) is 0 Å². The van der Waals surface area contributed by atoms with Crippen LogP contribution in [0.4, 0.5) is 0 Å². The lowest BCUT2D eigenvalue weighted by molar-refractivity contribution is -0.118. The van der Waals surface area contributed by atoms with E-state index in [0.29, 0.717) is 31.3 Å². The van der Waals surface area contributed by atoms with Crippen LogP contribution in [0.2, 0.25) is 0 Å². The highest BCUT2D eigenvalue weighted by Gasteiger charge is 2.08. The number of hydrogen-bond acceptors (Lipinski definition) is 5. The summed E-state index contributed by atoms with van der Waals surface area (Å²) in [6.07, 6.45) is -0.558. The van der Waals surface area contributed by atoms with Crippen LogP contribution in [0.3, 0.4) is 0 Å². The molecule has 2 aromatic rings. The molecule has 140 valence electrons. The van der Waals surface area contributed by atoms with Crippen molar-refractivity contribution in [1.82, 2.24) is 5.32 Å². The maximum absolute atomic E-state index is 11.8. The monoisotopic (exact) mass is 375 g/mol. The predicted molar refractivity (Wildman–Crippen MR) is 105 cm³/mol. The van der Waals surface area contributed by atoms with Crippen LogP contribution in [0.5, 0.6) is 11.5 Å². The van der Waals surface area contributed by atoms with Gasteiger partial charge >= 0.3 is 0 Å². The second-order valence-electron chi connectivity index (χ2n) is 5.54. The number of thioether (sulfide) groups is 1. The van der Waals surface area contributed by atoms with Crippen LogP contribution in [0.25, 0.3) is 0 Å². The molecule has 1 atom stereocenters. The van der Waals surface area contributed by atoms with Gasteiger partial charge in [-0.2, -0.15) is 0 Å². The molecule has 0 aliphatic rings. The van der Waals surface area contributed by atoms with Crippen LogP contribution in [-0.2, 0) is 4.79 Å². The van der Waals surface area contributed by atoms with E-state index in [-0.39, 0.29) is 5.91 Å². The Kier molecular flexibility index (Phi) is 8.86. The van der Waals surface area contributed by atoms with Crippen LogP contribution < -0.4 is 14.8 Å². The molecule has 1 amide bonds. The number of carbonyl (C=O) groups excluding carboxylic acids is 1. The first kappa shape index (κ1) is 20.1. The molecule has 2 rings (SSSR count). The standard InChI is InChI=1S/C20H25NO4S/c1-2-24-17-8-10-18(11-9-17)25-13-12-21-20(23)15-26-14-19(22)16-6-4-3-5-7-16/h3-11,19,22H,2,12-15H2,1H3,(H,21,23)/t19-/m0/s1. The predicted octanol–water partition coefficient (Wildman–Crippen LogP) is 3.05.